The Morgan fingerprint density at radius 1 is 1.28 bits per heavy atom. The van der Waals surface area contributed by atoms with Crippen molar-refractivity contribution in [2.24, 2.45) is 5.41 Å². The van der Waals surface area contributed by atoms with Crippen molar-refractivity contribution in [1.29, 1.82) is 0 Å². The van der Waals surface area contributed by atoms with Crippen LogP contribution in [0.25, 0.3) is 0 Å². The van der Waals surface area contributed by atoms with Crippen molar-refractivity contribution >= 4 is 11.3 Å². The molecule has 0 radical (unpaired) electrons. The highest BCUT2D eigenvalue weighted by Gasteiger charge is 2.27. The van der Waals surface area contributed by atoms with Gasteiger partial charge >= 0.3 is 0 Å². The van der Waals surface area contributed by atoms with E-state index in [2.05, 4.69) is 57.0 Å². The Labute approximate surface area is 116 Å². The van der Waals surface area contributed by atoms with Crippen molar-refractivity contribution in [3.05, 3.63) is 22.4 Å². The molecule has 1 heterocycles. The van der Waals surface area contributed by atoms with E-state index in [4.69, 9.17) is 4.74 Å². The monoisotopic (exact) mass is 269 g/mol. The van der Waals surface area contributed by atoms with E-state index in [1.54, 1.807) is 11.3 Å². The van der Waals surface area contributed by atoms with Gasteiger partial charge in [-0.1, -0.05) is 40.7 Å². The quantitative estimate of drug-likeness (QED) is 0.736. The highest BCUT2D eigenvalue weighted by Crippen LogP contribution is 2.38. The van der Waals surface area contributed by atoms with Gasteiger partial charge in [0.2, 0.25) is 0 Å². The highest BCUT2D eigenvalue weighted by molar-refractivity contribution is 7.10. The van der Waals surface area contributed by atoms with Gasteiger partial charge < -0.3 is 9.64 Å². The van der Waals surface area contributed by atoms with Gasteiger partial charge in [0.25, 0.3) is 0 Å². The summed E-state index contributed by atoms with van der Waals surface area (Å²) in [6.07, 6.45) is 0.202. The molecule has 3 heteroatoms. The first kappa shape index (κ1) is 15.7. The average Bonchev–Trinajstić information content (AvgIpc) is 2.81. The van der Waals surface area contributed by atoms with E-state index in [1.165, 1.54) is 4.88 Å². The van der Waals surface area contributed by atoms with Gasteiger partial charge in [-0.2, -0.15) is 0 Å². The van der Waals surface area contributed by atoms with Crippen molar-refractivity contribution in [3.8, 4) is 0 Å². The van der Waals surface area contributed by atoms with Gasteiger partial charge in [-0.25, -0.2) is 0 Å². The average molecular weight is 269 g/mol. The minimum absolute atomic E-state index is 0.147. The zero-order chi connectivity index (χ0) is 13.6. The van der Waals surface area contributed by atoms with Gasteiger partial charge in [0.05, 0.1) is 12.7 Å². The van der Waals surface area contributed by atoms with Crippen LogP contribution in [-0.2, 0) is 4.74 Å². The molecule has 18 heavy (non-hydrogen) atoms. The third-order valence-corrected chi connectivity index (χ3v) is 4.09. The lowest BCUT2D eigenvalue weighted by Crippen LogP contribution is -2.29. The van der Waals surface area contributed by atoms with Crippen LogP contribution in [0.1, 0.15) is 45.6 Å². The van der Waals surface area contributed by atoms with E-state index in [1.807, 2.05) is 0 Å². The number of thiophene rings is 1. The Kier molecular flexibility index (Phi) is 6.33. The van der Waals surface area contributed by atoms with Crippen LogP contribution in [0, 0.1) is 5.41 Å². The molecule has 2 nitrogen and oxygen atoms in total. The summed E-state index contributed by atoms with van der Waals surface area (Å²) in [6, 6.07) is 4.28. The van der Waals surface area contributed by atoms with Crippen LogP contribution in [0.5, 0.6) is 0 Å². The van der Waals surface area contributed by atoms with Crippen molar-refractivity contribution in [2.75, 3.05) is 26.2 Å². The number of hydrogen-bond acceptors (Lipinski definition) is 3. The molecule has 0 aliphatic heterocycles. The molecule has 0 N–H and O–H groups in total. The zero-order valence-corrected chi connectivity index (χ0v) is 13.2. The molecule has 1 rings (SSSR count). The fraction of sp³-hybridized carbons (Fsp3) is 0.733. The van der Waals surface area contributed by atoms with E-state index in [0.29, 0.717) is 0 Å². The standard InChI is InChI=1S/C15H27NOS/c1-6-16(7-2)10-11-17-14(15(3,4)5)13-9-8-12-18-13/h8-9,12,14H,6-7,10-11H2,1-5H3. The summed E-state index contributed by atoms with van der Waals surface area (Å²) in [5, 5.41) is 2.13. The largest absolute Gasteiger partial charge is 0.371 e. The van der Waals surface area contributed by atoms with E-state index in [9.17, 15) is 0 Å². The fourth-order valence-electron chi connectivity index (χ4n) is 2.04. The second kappa shape index (κ2) is 7.27. The number of hydrogen-bond donors (Lipinski definition) is 0. The lowest BCUT2D eigenvalue weighted by atomic mass is 9.88. The minimum Gasteiger partial charge on any atom is -0.371 e. The summed E-state index contributed by atoms with van der Waals surface area (Å²) < 4.78 is 6.15. The van der Waals surface area contributed by atoms with Gasteiger partial charge in [-0.15, -0.1) is 11.3 Å². The van der Waals surface area contributed by atoms with Crippen LogP contribution in [0.3, 0.4) is 0 Å². The molecule has 1 aromatic heterocycles. The summed E-state index contributed by atoms with van der Waals surface area (Å²) in [6.45, 7) is 15.1. The summed E-state index contributed by atoms with van der Waals surface area (Å²) in [4.78, 5) is 3.73. The number of nitrogens with zero attached hydrogens (tertiary/aromatic N) is 1. The maximum Gasteiger partial charge on any atom is 0.0965 e. The third kappa shape index (κ3) is 4.71. The second-order valence-corrected chi connectivity index (χ2v) is 6.64. The van der Waals surface area contributed by atoms with Crippen molar-refractivity contribution in [3.63, 3.8) is 0 Å². The number of ether oxygens (including phenoxy) is 1. The Morgan fingerprint density at radius 2 is 1.94 bits per heavy atom. The zero-order valence-electron chi connectivity index (χ0n) is 12.4. The fourth-order valence-corrected chi connectivity index (χ4v) is 3.06. The molecular formula is C15H27NOS. The topological polar surface area (TPSA) is 12.5 Å². The van der Waals surface area contributed by atoms with Gasteiger partial charge in [0, 0.05) is 11.4 Å². The first-order valence-electron chi connectivity index (χ1n) is 6.86. The predicted molar refractivity (Wildman–Crippen MR) is 80.3 cm³/mol. The smallest absolute Gasteiger partial charge is 0.0965 e. The minimum atomic E-state index is 0.147. The van der Waals surface area contributed by atoms with Gasteiger partial charge in [0.15, 0.2) is 0 Å². The molecule has 0 aliphatic rings. The molecule has 0 spiro atoms. The first-order valence-corrected chi connectivity index (χ1v) is 7.74. The Hall–Kier alpha value is -0.380. The van der Waals surface area contributed by atoms with Crippen LogP contribution >= 0.6 is 11.3 Å². The van der Waals surface area contributed by atoms with Crippen LogP contribution in [0.15, 0.2) is 17.5 Å². The molecule has 0 aliphatic carbocycles. The summed E-state index contributed by atoms with van der Waals surface area (Å²) in [7, 11) is 0. The van der Waals surface area contributed by atoms with Crippen LogP contribution < -0.4 is 0 Å². The molecule has 0 saturated carbocycles. The Balaban J connectivity index is 2.54. The number of rotatable bonds is 7. The van der Waals surface area contributed by atoms with E-state index >= 15 is 0 Å². The summed E-state index contributed by atoms with van der Waals surface area (Å²) in [5.74, 6) is 0. The normalized spacial score (nSPS) is 14.1. The van der Waals surface area contributed by atoms with Gasteiger partial charge in [-0.05, 0) is 30.0 Å². The predicted octanol–water partition coefficient (Wildman–Crippen LogP) is 4.19. The maximum atomic E-state index is 6.15. The van der Waals surface area contributed by atoms with Crippen molar-refractivity contribution < 1.29 is 4.74 Å². The highest BCUT2D eigenvalue weighted by atomic mass is 32.1. The molecule has 0 amide bonds. The SMILES string of the molecule is CCN(CC)CCOC(c1cccs1)C(C)(C)C. The lowest BCUT2D eigenvalue weighted by Gasteiger charge is -2.31. The van der Waals surface area contributed by atoms with Crippen LogP contribution in [0.4, 0.5) is 0 Å². The van der Waals surface area contributed by atoms with E-state index < -0.39 is 0 Å². The second-order valence-electron chi connectivity index (χ2n) is 5.66. The number of likely N-dealkylation sites (N-methyl/N-ethyl adjacent to an activating group) is 1. The summed E-state index contributed by atoms with van der Waals surface area (Å²) >= 11 is 1.79. The van der Waals surface area contributed by atoms with Gasteiger partial charge in [0.1, 0.15) is 0 Å². The maximum absolute atomic E-state index is 6.15. The van der Waals surface area contributed by atoms with E-state index in [-0.39, 0.29) is 11.5 Å². The molecule has 1 aromatic rings. The van der Waals surface area contributed by atoms with Crippen LogP contribution in [0.2, 0.25) is 0 Å². The third-order valence-electron chi connectivity index (χ3n) is 3.17. The van der Waals surface area contributed by atoms with Crippen LogP contribution in [-0.4, -0.2) is 31.1 Å². The lowest BCUT2D eigenvalue weighted by molar-refractivity contribution is -0.0249. The molecule has 104 valence electrons. The molecule has 0 fully saturated rings. The molecule has 0 saturated heterocycles. The van der Waals surface area contributed by atoms with Crippen molar-refractivity contribution in [1.82, 2.24) is 4.90 Å². The summed E-state index contributed by atoms with van der Waals surface area (Å²) in [5.41, 5.74) is 0.147. The molecule has 1 atom stereocenters. The first-order chi connectivity index (χ1) is 8.49. The molecular weight excluding hydrogens is 242 g/mol. The molecule has 0 aromatic carbocycles. The van der Waals surface area contributed by atoms with Crippen molar-refractivity contribution in [2.45, 2.75) is 40.7 Å². The van der Waals surface area contributed by atoms with E-state index in [0.717, 1.165) is 26.2 Å². The Bertz CT molecular complexity index is 312. The molecule has 0 bridgehead atoms. The van der Waals surface area contributed by atoms with Gasteiger partial charge in [-0.3, -0.25) is 0 Å². The Morgan fingerprint density at radius 3 is 2.39 bits per heavy atom. The molecule has 1 unspecified atom stereocenters.